The monoisotopic (exact) mass is 254 g/mol. The largest absolute Gasteiger partial charge is 0.384 e. The van der Waals surface area contributed by atoms with E-state index >= 15 is 0 Å². The van der Waals surface area contributed by atoms with Gasteiger partial charge in [0.1, 0.15) is 5.82 Å². The van der Waals surface area contributed by atoms with E-state index in [9.17, 15) is 0 Å². The molecule has 1 aliphatic heterocycles. The van der Waals surface area contributed by atoms with Crippen LogP contribution < -0.4 is 5.73 Å². The highest BCUT2D eigenvalue weighted by molar-refractivity contribution is 6.31. The smallest absolute Gasteiger partial charge is 0.123 e. The van der Waals surface area contributed by atoms with Crippen LogP contribution in [0.15, 0.2) is 12.1 Å². The van der Waals surface area contributed by atoms with Crippen molar-refractivity contribution in [3.63, 3.8) is 0 Å². The van der Waals surface area contributed by atoms with Crippen molar-refractivity contribution in [3.05, 3.63) is 22.8 Å². The lowest BCUT2D eigenvalue weighted by molar-refractivity contribution is 0.0928. The molecule has 1 fully saturated rings. The highest BCUT2D eigenvalue weighted by Crippen LogP contribution is 2.19. The van der Waals surface area contributed by atoms with E-state index in [1.807, 2.05) is 6.07 Å². The van der Waals surface area contributed by atoms with E-state index in [0.29, 0.717) is 16.9 Å². The average Bonchev–Trinajstić information content (AvgIpc) is 2.27. The average molecular weight is 255 g/mol. The zero-order valence-electron chi connectivity index (χ0n) is 10.4. The number of aromatic nitrogens is 1. The van der Waals surface area contributed by atoms with E-state index in [-0.39, 0.29) is 0 Å². The summed E-state index contributed by atoms with van der Waals surface area (Å²) >= 11 is 6.14. The van der Waals surface area contributed by atoms with Gasteiger partial charge in [-0.25, -0.2) is 4.98 Å². The summed E-state index contributed by atoms with van der Waals surface area (Å²) in [5.74, 6) is 0.534. The van der Waals surface area contributed by atoms with E-state index in [2.05, 4.69) is 28.8 Å². The lowest BCUT2D eigenvalue weighted by Crippen LogP contribution is -2.49. The van der Waals surface area contributed by atoms with Gasteiger partial charge in [0, 0.05) is 32.2 Å². The standard InChI is InChI=1S/C12H19ClN4/c1-9-7-16(2)5-6-17(9)8-11-10(13)3-4-12(14)15-11/h3-4,9H,5-8H2,1-2H3,(H2,14,15). The SMILES string of the molecule is CC1CN(C)CCN1Cc1nc(N)ccc1Cl. The summed E-state index contributed by atoms with van der Waals surface area (Å²) in [5, 5.41) is 0.699. The van der Waals surface area contributed by atoms with Crippen LogP contribution in [0, 0.1) is 0 Å². The molecule has 0 radical (unpaired) electrons. The summed E-state index contributed by atoms with van der Waals surface area (Å²) in [6, 6.07) is 4.08. The van der Waals surface area contributed by atoms with Crippen LogP contribution in [0.25, 0.3) is 0 Å². The van der Waals surface area contributed by atoms with Gasteiger partial charge in [0.05, 0.1) is 10.7 Å². The number of nitrogen functional groups attached to an aromatic ring is 1. The molecule has 94 valence electrons. The normalized spacial score (nSPS) is 22.9. The minimum atomic E-state index is 0.521. The Bertz CT molecular complexity index is 396. The molecule has 1 atom stereocenters. The molecule has 2 N–H and O–H groups in total. The van der Waals surface area contributed by atoms with E-state index in [0.717, 1.165) is 31.9 Å². The fourth-order valence-electron chi connectivity index (χ4n) is 2.22. The first-order valence-corrected chi connectivity index (χ1v) is 6.27. The molecule has 0 spiro atoms. The second-order valence-corrected chi connectivity index (χ2v) is 5.15. The van der Waals surface area contributed by atoms with Crippen LogP contribution in [-0.2, 0) is 6.54 Å². The highest BCUT2D eigenvalue weighted by atomic mass is 35.5. The van der Waals surface area contributed by atoms with Gasteiger partial charge in [-0.3, -0.25) is 4.90 Å². The summed E-state index contributed by atoms with van der Waals surface area (Å²) in [6.45, 7) is 6.23. The Labute approximate surface area is 107 Å². The van der Waals surface area contributed by atoms with Crippen LogP contribution >= 0.6 is 11.6 Å². The molecule has 17 heavy (non-hydrogen) atoms. The molecule has 2 heterocycles. The van der Waals surface area contributed by atoms with Crippen molar-refractivity contribution in [3.8, 4) is 0 Å². The van der Waals surface area contributed by atoms with Gasteiger partial charge in [-0.05, 0) is 26.1 Å². The molecular formula is C12H19ClN4. The number of nitrogens with two attached hydrogens (primary N) is 1. The van der Waals surface area contributed by atoms with Gasteiger partial charge in [-0.15, -0.1) is 0 Å². The lowest BCUT2D eigenvalue weighted by atomic mass is 10.2. The van der Waals surface area contributed by atoms with E-state index in [4.69, 9.17) is 17.3 Å². The van der Waals surface area contributed by atoms with Crippen molar-refractivity contribution in [1.29, 1.82) is 0 Å². The molecule has 0 aromatic carbocycles. The van der Waals surface area contributed by atoms with Gasteiger partial charge in [-0.1, -0.05) is 11.6 Å². The number of hydrogen-bond acceptors (Lipinski definition) is 4. The van der Waals surface area contributed by atoms with E-state index < -0.39 is 0 Å². The molecule has 1 unspecified atom stereocenters. The molecule has 0 amide bonds. The Morgan fingerprint density at radius 1 is 1.47 bits per heavy atom. The molecule has 0 aliphatic carbocycles. The maximum absolute atomic E-state index is 6.14. The van der Waals surface area contributed by atoms with Crippen molar-refractivity contribution in [2.75, 3.05) is 32.4 Å². The molecule has 4 nitrogen and oxygen atoms in total. The quantitative estimate of drug-likeness (QED) is 0.868. The molecule has 1 aromatic rings. The maximum Gasteiger partial charge on any atom is 0.123 e. The molecule has 2 rings (SSSR count). The number of nitrogens with zero attached hydrogens (tertiary/aromatic N) is 3. The minimum absolute atomic E-state index is 0.521. The van der Waals surface area contributed by atoms with Gasteiger partial charge < -0.3 is 10.6 Å². The van der Waals surface area contributed by atoms with Crippen LogP contribution in [0.5, 0.6) is 0 Å². The number of rotatable bonds is 2. The summed E-state index contributed by atoms with van der Waals surface area (Å²) in [7, 11) is 2.15. The maximum atomic E-state index is 6.14. The number of anilines is 1. The predicted octanol–water partition coefficient (Wildman–Crippen LogP) is 1.45. The first-order valence-electron chi connectivity index (χ1n) is 5.90. The van der Waals surface area contributed by atoms with Crippen LogP contribution in [0.1, 0.15) is 12.6 Å². The fraction of sp³-hybridized carbons (Fsp3) is 0.583. The highest BCUT2D eigenvalue weighted by Gasteiger charge is 2.22. The minimum Gasteiger partial charge on any atom is -0.384 e. The van der Waals surface area contributed by atoms with E-state index in [1.165, 1.54) is 0 Å². The summed E-state index contributed by atoms with van der Waals surface area (Å²) < 4.78 is 0. The molecule has 1 saturated heterocycles. The number of halogens is 1. The third kappa shape index (κ3) is 3.09. The first-order chi connectivity index (χ1) is 8.06. The fourth-order valence-corrected chi connectivity index (χ4v) is 2.38. The third-order valence-corrected chi connectivity index (χ3v) is 3.61. The van der Waals surface area contributed by atoms with Gasteiger partial charge in [0.25, 0.3) is 0 Å². The van der Waals surface area contributed by atoms with Crippen molar-refractivity contribution >= 4 is 17.4 Å². The summed E-state index contributed by atoms with van der Waals surface area (Å²) in [4.78, 5) is 9.05. The molecule has 1 aromatic heterocycles. The van der Waals surface area contributed by atoms with Crippen LogP contribution in [-0.4, -0.2) is 47.5 Å². The molecule has 0 saturated carbocycles. The van der Waals surface area contributed by atoms with Crippen LogP contribution in [0.2, 0.25) is 5.02 Å². The topological polar surface area (TPSA) is 45.4 Å². The Morgan fingerprint density at radius 3 is 2.94 bits per heavy atom. The van der Waals surface area contributed by atoms with Gasteiger partial charge in [-0.2, -0.15) is 0 Å². The lowest BCUT2D eigenvalue weighted by Gasteiger charge is -2.38. The van der Waals surface area contributed by atoms with Crippen molar-refractivity contribution < 1.29 is 0 Å². The Hall–Kier alpha value is -0.840. The zero-order valence-corrected chi connectivity index (χ0v) is 11.1. The number of likely N-dealkylation sites (N-methyl/N-ethyl adjacent to an activating group) is 1. The Balaban J connectivity index is 2.07. The molecular weight excluding hydrogens is 236 g/mol. The van der Waals surface area contributed by atoms with E-state index in [1.54, 1.807) is 6.07 Å². The van der Waals surface area contributed by atoms with Crippen molar-refractivity contribution in [2.45, 2.75) is 19.5 Å². The number of hydrogen-bond donors (Lipinski definition) is 1. The summed E-state index contributed by atoms with van der Waals surface area (Å²) in [5.41, 5.74) is 6.57. The Kier molecular flexibility index (Phi) is 3.86. The number of pyridine rings is 1. The molecule has 1 aliphatic rings. The predicted molar refractivity (Wildman–Crippen MR) is 71.0 cm³/mol. The zero-order chi connectivity index (χ0) is 12.4. The van der Waals surface area contributed by atoms with Crippen molar-refractivity contribution in [2.24, 2.45) is 0 Å². The summed E-state index contributed by atoms with van der Waals surface area (Å²) in [6.07, 6.45) is 0. The number of piperazine rings is 1. The van der Waals surface area contributed by atoms with Crippen molar-refractivity contribution in [1.82, 2.24) is 14.8 Å². The Morgan fingerprint density at radius 2 is 2.24 bits per heavy atom. The van der Waals surface area contributed by atoms with Crippen LogP contribution in [0.3, 0.4) is 0 Å². The molecule has 0 bridgehead atoms. The second kappa shape index (κ2) is 5.21. The molecule has 5 heteroatoms. The van der Waals surface area contributed by atoms with Gasteiger partial charge >= 0.3 is 0 Å². The first kappa shape index (κ1) is 12.6. The van der Waals surface area contributed by atoms with Crippen LogP contribution in [0.4, 0.5) is 5.82 Å². The van der Waals surface area contributed by atoms with Gasteiger partial charge in [0.2, 0.25) is 0 Å². The second-order valence-electron chi connectivity index (χ2n) is 4.75. The third-order valence-electron chi connectivity index (χ3n) is 3.26. The van der Waals surface area contributed by atoms with Gasteiger partial charge in [0.15, 0.2) is 0 Å².